The Balaban J connectivity index is -0.000000301. The summed E-state index contributed by atoms with van der Waals surface area (Å²) in [6, 6.07) is 0. The van der Waals surface area contributed by atoms with Crippen molar-refractivity contribution in [2.45, 2.75) is 18.4 Å². The minimum absolute atomic E-state index is 0. The van der Waals surface area contributed by atoms with E-state index < -0.39 is 55.3 Å². The van der Waals surface area contributed by atoms with E-state index >= 15 is 0 Å². The van der Waals surface area contributed by atoms with Crippen LogP contribution in [0, 0.1) is 0 Å². The van der Waals surface area contributed by atoms with Crippen LogP contribution in [0.15, 0.2) is 0 Å². The van der Waals surface area contributed by atoms with E-state index in [0.29, 0.717) is 0 Å². The molecule has 14 heteroatoms. The molecule has 0 aliphatic rings. The molecule has 0 aromatic rings. The predicted octanol–water partition coefficient (Wildman–Crippen LogP) is -1.33. The van der Waals surface area contributed by atoms with Gasteiger partial charge in [-0.1, -0.05) is 0 Å². The van der Waals surface area contributed by atoms with Crippen LogP contribution in [0.4, 0.5) is 0 Å². The van der Waals surface area contributed by atoms with Crippen LogP contribution in [0.25, 0.3) is 0 Å². The van der Waals surface area contributed by atoms with Crippen LogP contribution < -0.4 is 35.2 Å². The molecule has 0 saturated carbocycles. The molecule has 0 rings (SSSR count). The van der Waals surface area contributed by atoms with Gasteiger partial charge in [-0.3, -0.25) is 24.5 Å². The third kappa shape index (κ3) is 16.0. The summed E-state index contributed by atoms with van der Waals surface area (Å²) in [5.74, 6) is -5.16. The number of carboxylic acids is 4. The molecule has 0 spiro atoms. The lowest BCUT2D eigenvalue weighted by atomic mass is 9.90. The summed E-state index contributed by atoms with van der Waals surface area (Å²) in [5.41, 5.74) is -1.59. The molecule has 24 heavy (non-hydrogen) atoms. The van der Waals surface area contributed by atoms with E-state index in [0.717, 1.165) is 0 Å². The Morgan fingerprint density at radius 1 is 0.667 bits per heavy atom. The van der Waals surface area contributed by atoms with Gasteiger partial charge in [-0.05, 0) is 0 Å². The maximum atomic E-state index is 10.8. The Bertz CT molecular complexity index is 389. The minimum atomic E-state index is -1.59. The van der Waals surface area contributed by atoms with Gasteiger partial charge in [0.25, 0.3) is 0 Å². The van der Waals surface area contributed by atoms with Crippen molar-refractivity contribution >= 4 is 23.9 Å². The number of hydrogen-bond donors (Lipinski definition) is 10. The highest BCUT2D eigenvalue weighted by molar-refractivity contribution is 5.74. The number of aliphatic carboxylic acids is 4. The SMILES string of the molecule is N.N.N.N.O=C(O)CNCC(CC(=O)O)(CC(=O)O)NCC(=O)O. The van der Waals surface area contributed by atoms with E-state index in [9.17, 15) is 19.2 Å². The fraction of sp³-hybridized carbons (Fsp3) is 0.600. The van der Waals surface area contributed by atoms with Crippen LogP contribution >= 0.6 is 0 Å². The second-order valence-electron chi connectivity index (χ2n) is 4.17. The highest BCUT2D eigenvalue weighted by Crippen LogP contribution is 2.15. The summed E-state index contributed by atoms with van der Waals surface area (Å²) < 4.78 is 0. The van der Waals surface area contributed by atoms with Crippen LogP contribution in [-0.2, 0) is 19.2 Å². The zero-order chi connectivity index (χ0) is 15.8. The van der Waals surface area contributed by atoms with Gasteiger partial charge in [0.15, 0.2) is 0 Å². The molecule has 146 valence electrons. The van der Waals surface area contributed by atoms with Gasteiger partial charge >= 0.3 is 23.9 Å². The average Bonchev–Trinajstić information content (AvgIpc) is 2.24. The van der Waals surface area contributed by atoms with Crippen molar-refractivity contribution in [1.82, 2.24) is 35.2 Å². The fourth-order valence-corrected chi connectivity index (χ4v) is 1.63. The number of nitrogens with one attached hydrogen (secondary N) is 2. The molecule has 0 aromatic carbocycles. The van der Waals surface area contributed by atoms with Gasteiger partial charge in [0.2, 0.25) is 0 Å². The molecule has 0 radical (unpaired) electrons. The van der Waals surface area contributed by atoms with Gasteiger partial charge in [-0.15, -0.1) is 0 Å². The predicted molar refractivity (Wildman–Crippen MR) is 83.5 cm³/mol. The zero-order valence-corrected chi connectivity index (χ0v) is 13.3. The van der Waals surface area contributed by atoms with Crippen molar-refractivity contribution in [3.05, 3.63) is 0 Å². The maximum Gasteiger partial charge on any atom is 0.317 e. The van der Waals surface area contributed by atoms with Gasteiger partial charge < -0.3 is 50.3 Å². The van der Waals surface area contributed by atoms with Crippen molar-refractivity contribution in [3.63, 3.8) is 0 Å². The Hall–Kier alpha value is -2.36. The van der Waals surface area contributed by atoms with E-state index in [4.69, 9.17) is 20.4 Å². The molecule has 0 amide bonds. The Morgan fingerprint density at radius 2 is 1.04 bits per heavy atom. The topological polar surface area (TPSA) is 313 Å². The molecule has 0 heterocycles. The highest BCUT2D eigenvalue weighted by atomic mass is 16.4. The van der Waals surface area contributed by atoms with E-state index in [1.54, 1.807) is 0 Å². The summed E-state index contributed by atoms with van der Waals surface area (Å²) in [6.07, 6.45) is -1.33. The lowest BCUT2D eigenvalue weighted by Gasteiger charge is -2.31. The van der Waals surface area contributed by atoms with Crippen LogP contribution in [0.5, 0.6) is 0 Å². The summed E-state index contributed by atoms with van der Waals surface area (Å²) in [6.45, 7) is -1.46. The first kappa shape index (κ1) is 33.3. The van der Waals surface area contributed by atoms with Gasteiger partial charge in [0, 0.05) is 6.54 Å². The Morgan fingerprint density at radius 3 is 1.33 bits per heavy atom. The summed E-state index contributed by atoms with van der Waals surface area (Å²) >= 11 is 0. The molecule has 18 N–H and O–H groups in total. The van der Waals surface area contributed by atoms with Crippen molar-refractivity contribution in [2.24, 2.45) is 0 Å². The number of rotatable bonds is 11. The molecule has 0 aliphatic heterocycles. The lowest BCUT2D eigenvalue weighted by molar-refractivity contribution is -0.144. The first-order valence-electron chi connectivity index (χ1n) is 5.50. The summed E-state index contributed by atoms with van der Waals surface area (Å²) in [7, 11) is 0. The van der Waals surface area contributed by atoms with E-state index in [2.05, 4.69) is 10.6 Å². The molecule has 0 fully saturated rings. The summed E-state index contributed by atoms with van der Waals surface area (Å²) in [5, 5.41) is 39.4. The number of carboxylic acid groups (broad SMARTS) is 4. The fourth-order valence-electron chi connectivity index (χ4n) is 1.63. The molecule has 14 nitrogen and oxygen atoms in total. The quantitative estimate of drug-likeness (QED) is 0.204. The van der Waals surface area contributed by atoms with Crippen LogP contribution in [0.3, 0.4) is 0 Å². The molecule has 0 aliphatic carbocycles. The summed E-state index contributed by atoms with van der Waals surface area (Å²) in [4.78, 5) is 42.5. The smallest absolute Gasteiger partial charge is 0.317 e. The normalized spacial score (nSPS) is 9.17. The molecule has 0 saturated heterocycles. The van der Waals surface area contributed by atoms with Gasteiger partial charge in [-0.25, -0.2) is 0 Å². The molecule has 0 atom stereocenters. The maximum absolute atomic E-state index is 10.8. The third-order valence-corrected chi connectivity index (χ3v) is 2.33. The first-order chi connectivity index (χ1) is 9.17. The van der Waals surface area contributed by atoms with Crippen molar-refractivity contribution in [2.75, 3.05) is 19.6 Å². The van der Waals surface area contributed by atoms with E-state index in [1.165, 1.54) is 0 Å². The van der Waals surface area contributed by atoms with E-state index in [-0.39, 0.29) is 31.1 Å². The molecular weight excluding hydrogens is 332 g/mol. The average molecular weight is 360 g/mol. The second kappa shape index (κ2) is 15.5. The van der Waals surface area contributed by atoms with E-state index in [1.807, 2.05) is 0 Å². The first-order valence-corrected chi connectivity index (χ1v) is 5.50. The number of carbonyl (C=O) groups is 4. The minimum Gasteiger partial charge on any atom is -0.481 e. The molecule has 0 bridgehead atoms. The standard InChI is InChI=1S/C10H16N2O8.4H3N/c13-6(14)1-10(2-7(15)16,12-4-9(19)20)5-11-3-8(17)18;;;;/h11-12H,1-5H2,(H,13,14)(H,15,16)(H,17,18)(H,19,20);4*1H3. The van der Waals surface area contributed by atoms with Crippen molar-refractivity contribution in [3.8, 4) is 0 Å². The monoisotopic (exact) mass is 360 g/mol. The van der Waals surface area contributed by atoms with Crippen molar-refractivity contribution < 1.29 is 39.6 Å². The van der Waals surface area contributed by atoms with Crippen LogP contribution in [0.2, 0.25) is 0 Å². The number of hydrogen-bond acceptors (Lipinski definition) is 10. The molecular formula is C10H28N6O8. The van der Waals surface area contributed by atoms with Gasteiger partial charge in [0.1, 0.15) is 0 Å². The molecule has 0 unspecified atom stereocenters. The van der Waals surface area contributed by atoms with Gasteiger partial charge in [-0.2, -0.15) is 0 Å². The van der Waals surface area contributed by atoms with Gasteiger partial charge in [0.05, 0.1) is 31.5 Å². The highest BCUT2D eigenvalue weighted by Gasteiger charge is 2.35. The largest absolute Gasteiger partial charge is 0.481 e. The van der Waals surface area contributed by atoms with Crippen molar-refractivity contribution in [1.29, 1.82) is 0 Å². The van der Waals surface area contributed by atoms with Crippen LogP contribution in [0.1, 0.15) is 12.8 Å². The second-order valence-corrected chi connectivity index (χ2v) is 4.17. The Kier molecular flexibility index (Phi) is 21.5. The Labute approximate surface area is 137 Å². The third-order valence-electron chi connectivity index (χ3n) is 2.33. The van der Waals surface area contributed by atoms with Crippen LogP contribution in [-0.4, -0.2) is 69.5 Å². The lowest BCUT2D eigenvalue weighted by Crippen LogP contribution is -2.56. The molecule has 0 aromatic heterocycles. The zero-order valence-electron chi connectivity index (χ0n) is 13.3.